The first-order chi connectivity index (χ1) is 11.5. The molecule has 1 N–H and O–H groups in total. The number of pyridine rings is 1. The Morgan fingerprint density at radius 1 is 1.04 bits per heavy atom. The minimum atomic E-state index is -3.83. The molecular formula is C17H22N2O4S. The Morgan fingerprint density at radius 2 is 1.67 bits per heavy atom. The van der Waals surface area contributed by atoms with Gasteiger partial charge in [0.15, 0.2) is 5.75 Å². The van der Waals surface area contributed by atoms with Crippen LogP contribution in [0.2, 0.25) is 0 Å². The Morgan fingerprint density at radius 3 is 2.38 bits per heavy atom. The first kappa shape index (κ1) is 18.2. The molecule has 0 amide bonds. The Balaban J connectivity index is 2.30. The number of nitrogens with one attached hydrogen (secondary N) is 1. The van der Waals surface area contributed by atoms with Crippen molar-refractivity contribution >= 4 is 10.0 Å². The summed E-state index contributed by atoms with van der Waals surface area (Å²) in [4.78, 5) is 3.97. The second-order valence-corrected chi connectivity index (χ2v) is 6.68. The molecule has 2 rings (SSSR count). The molecule has 24 heavy (non-hydrogen) atoms. The molecule has 7 heteroatoms. The highest BCUT2D eigenvalue weighted by molar-refractivity contribution is 7.89. The van der Waals surface area contributed by atoms with Gasteiger partial charge in [0.2, 0.25) is 5.03 Å². The number of aromatic nitrogens is 1. The zero-order valence-electron chi connectivity index (χ0n) is 14.0. The summed E-state index contributed by atoms with van der Waals surface area (Å²) < 4.78 is 38.9. The summed E-state index contributed by atoms with van der Waals surface area (Å²) in [6.45, 7) is 6.30. The zero-order valence-corrected chi connectivity index (χ0v) is 14.8. The molecule has 0 aliphatic carbocycles. The van der Waals surface area contributed by atoms with E-state index in [0.29, 0.717) is 19.0 Å². The maximum absolute atomic E-state index is 12.7. The van der Waals surface area contributed by atoms with Gasteiger partial charge in [0.05, 0.1) is 13.2 Å². The molecule has 0 bridgehead atoms. The van der Waals surface area contributed by atoms with Crippen LogP contribution in [0.4, 0.5) is 0 Å². The van der Waals surface area contributed by atoms with Crippen LogP contribution in [0.1, 0.15) is 32.4 Å². The van der Waals surface area contributed by atoms with E-state index in [-0.39, 0.29) is 10.8 Å². The van der Waals surface area contributed by atoms with Gasteiger partial charge in [-0.3, -0.25) is 0 Å². The molecule has 6 nitrogen and oxygen atoms in total. The minimum Gasteiger partial charge on any atom is -0.494 e. The number of hydrogen-bond donors (Lipinski definition) is 1. The Labute approximate surface area is 142 Å². The predicted octanol–water partition coefficient (Wildman–Crippen LogP) is 2.92. The molecule has 0 radical (unpaired) electrons. The molecular weight excluding hydrogens is 328 g/mol. The average molecular weight is 350 g/mol. The zero-order chi connectivity index (χ0) is 17.6. The first-order valence-electron chi connectivity index (χ1n) is 7.81. The van der Waals surface area contributed by atoms with Crippen molar-refractivity contribution in [3.63, 3.8) is 0 Å². The predicted molar refractivity (Wildman–Crippen MR) is 91.8 cm³/mol. The van der Waals surface area contributed by atoms with Crippen molar-refractivity contribution in [2.75, 3.05) is 13.2 Å². The van der Waals surface area contributed by atoms with Gasteiger partial charge in [-0.2, -0.15) is 0 Å². The van der Waals surface area contributed by atoms with Crippen LogP contribution in [0.25, 0.3) is 0 Å². The van der Waals surface area contributed by atoms with E-state index >= 15 is 0 Å². The standard InChI is InChI=1S/C17H22N2O4S/c1-4-22-15-10-7-6-9-14(15)13(3)19-24(20,21)17-16(23-5-2)11-8-12-18-17/h6-13,19H,4-5H2,1-3H3. The van der Waals surface area contributed by atoms with Gasteiger partial charge < -0.3 is 9.47 Å². The van der Waals surface area contributed by atoms with Gasteiger partial charge in [-0.1, -0.05) is 18.2 Å². The lowest BCUT2D eigenvalue weighted by Crippen LogP contribution is -2.28. The molecule has 1 aromatic heterocycles. The summed E-state index contributed by atoms with van der Waals surface area (Å²) in [6.07, 6.45) is 1.43. The largest absolute Gasteiger partial charge is 0.494 e. The topological polar surface area (TPSA) is 77.5 Å². The van der Waals surface area contributed by atoms with Crippen LogP contribution >= 0.6 is 0 Å². The van der Waals surface area contributed by atoms with Gasteiger partial charge in [0.25, 0.3) is 10.0 Å². The van der Waals surface area contributed by atoms with E-state index in [0.717, 1.165) is 5.56 Å². The average Bonchev–Trinajstić information content (AvgIpc) is 2.56. The Hall–Kier alpha value is -2.12. The summed E-state index contributed by atoms with van der Waals surface area (Å²) >= 11 is 0. The first-order valence-corrected chi connectivity index (χ1v) is 9.29. The van der Waals surface area contributed by atoms with Crippen LogP contribution in [-0.4, -0.2) is 26.6 Å². The Bertz CT molecular complexity index is 778. The lowest BCUT2D eigenvalue weighted by molar-refractivity contribution is 0.327. The van der Waals surface area contributed by atoms with E-state index in [1.54, 1.807) is 26.0 Å². The number of benzene rings is 1. The van der Waals surface area contributed by atoms with Gasteiger partial charge in [-0.25, -0.2) is 18.1 Å². The van der Waals surface area contributed by atoms with Crippen LogP contribution in [0.5, 0.6) is 11.5 Å². The SMILES string of the molecule is CCOc1ccccc1C(C)NS(=O)(=O)c1ncccc1OCC. The molecule has 1 atom stereocenters. The summed E-state index contributed by atoms with van der Waals surface area (Å²) in [5, 5.41) is -0.118. The van der Waals surface area contributed by atoms with Crippen molar-refractivity contribution in [3.05, 3.63) is 48.2 Å². The van der Waals surface area contributed by atoms with Gasteiger partial charge in [-0.05, 0) is 39.0 Å². The number of ether oxygens (including phenoxy) is 2. The van der Waals surface area contributed by atoms with Crippen LogP contribution in [0.3, 0.4) is 0 Å². The van der Waals surface area contributed by atoms with Crippen LogP contribution < -0.4 is 14.2 Å². The smallest absolute Gasteiger partial charge is 0.262 e. The molecule has 0 aliphatic heterocycles. The second-order valence-electron chi connectivity index (χ2n) is 5.05. The molecule has 0 saturated carbocycles. The monoisotopic (exact) mass is 350 g/mol. The van der Waals surface area contributed by atoms with Crippen molar-refractivity contribution < 1.29 is 17.9 Å². The highest BCUT2D eigenvalue weighted by Crippen LogP contribution is 2.27. The molecule has 2 aromatic rings. The van der Waals surface area contributed by atoms with E-state index in [4.69, 9.17) is 9.47 Å². The number of nitrogens with zero attached hydrogens (tertiary/aromatic N) is 1. The fourth-order valence-electron chi connectivity index (χ4n) is 2.32. The van der Waals surface area contributed by atoms with Crippen molar-refractivity contribution in [1.29, 1.82) is 0 Å². The maximum atomic E-state index is 12.7. The van der Waals surface area contributed by atoms with Crippen molar-refractivity contribution in [2.24, 2.45) is 0 Å². The molecule has 1 heterocycles. The normalized spacial score (nSPS) is 12.6. The van der Waals surface area contributed by atoms with E-state index in [1.807, 2.05) is 31.2 Å². The molecule has 1 unspecified atom stereocenters. The molecule has 0 fully saturated rings. The summed E-state index contributed by atoms with van der Waals surface area (Å²) in [5.41, 5.74) is 0.761. The quantitative estimate of drug-likeness (QED) is 0.792. The van der Waals surface area contributed by atoms with Crippen molar-refractivity contribution in [3.8, 4) is 11.5 Å². The third-order valence-electron chi connectivity index (χ3n) is 3.31. The van der Waals surface area contributed by atoms with E-state index in [2.05, 4.69) is 9.71 Å². The summed E-state index contributed by atoms with van der Waals surface area (Å²) in [5.74, 6) is 0.888. The summed E-state index contributed by atoms with van der Waals surface area (Å²) in [7, 11) is -3.83. The van der Waals surface area contributed by atoms with Gasteiger partial charge in [-0.15, -0.1) is 0 Å². The molecule has 0 aliphatic rings. The lowest BCUT2D eigenvalue weighted by Gasteiger charge is -2.18. The maximum Gasteiger partial charge on any atom is 0.262 e. The number of hydrogen-bond acceptors (Lipinski definition) is 5. The van der Waals surface area contributed by atoms with Gasteiger partial charge in [0.1, 0.15) is 5.75 Å². The van der Waals surface area contributed by atoms with E-state index in [9.17, 15) is 8.42 Å². The fraction of sp³-hybridized carbons (Fsp3) is 0.353. The molecule has 0 saturated heterocycles. The lowest BCUT2D eigenvalue weighted by atomic mass is 10.1. The molecule has 130 valence electrons. The number of sulfonamides is 1. The molecule has 0 spiro atoms. The fourth-order valence-corrected chi connectivity index (χ4v) is 3.62. The highest BCUT2D eigenvalue weighted by atomic mass is 32.2. The minimum absolute atomic E-state index is 0.118. The Kier molecular flexibility index (Phi) is 6.16. The van der Waals surface area contributed by atoms with Gasteiger partial charge in [0, 0.05) is 17.8 Å². The molecule has 1 aromatic carbocycles. The third kappa shape index (κ3) is 4.24. The number of rotatable bonds is 8. The van der Waals surface area contributed by atoms with Crippen LogP contribution in [0, 0.1) is 0 Å². The van der Waals surface area contributed by atoms with E-state index in [1.165, 1.54) is 6.20 Å². The second kappa shape index (κ2) is 8.12. The van der Waals surface area contributed by atoms with Crippen molar-refractivity contribution in [2.45, 2.75) is 31.8 Å². The van der Waals surface area contributed by atoms with E-state index < -0.39 is 16.1 Å². The van der Waals surface area contributed by atoms with Crippen LogP contribution in [-0.2, 0) is 10.0 Å². The third-order valence-corrected chi connectivity index (χ3v) is 4.79. The number of para-hydroxylation sites is 1. The van der Waals surface area contributed by atoms with Gasteiger partial charge >= 0.3 is 0 Å². The van der Waals surface area contributed by atoms with Crippen molar-refractivity contribution in [1.82, 2.24) is 9.71 Å². The van der Waals surface area contributed by atoms with Crippen LogP contribution in [0.15, 0.2) is 47.6 Å². The highest BCUT2D eigenvalue weighted by Gasteiger charge is 2.25. The summed E-state index contributed by atoms with van der Waals surface area (Å²) in [6, 6.07) is 10.1.